The number of rotatable bonds is 5. The molecular weight excluding hydrogens is 254 g/mol. The van der Waals surface area contributed by atoms with Gasteiger partial charge in [-0.15, -0.1) is 0 Å². The summed E-state index contributed by atoms with van der Waals surface area (Å²) in [5, 5.41) is 8.97. The maximum absolute atomic E-state index is 11.8. The number of carboxylic acids is 1. The van der Waals surface area contributed by atoms with Crippen LogP contribution in [0.3, 0.4) is 0 Å². The number of nitrogens with one attached hydrogen (secondary N) is 1. The van der Waals surface area contributed by atoms with Gasteiger partial charge in [0.05, 0.1) is 17.0 Å². The second-order valence-electron chi connectivity index (χ2n) is 4.61. The quantitative estimate of drug-likeness (QED) is 0.854. The summed E-state index contributed by atoms with van der Waals surface area (Å²) in [6, 6.07) is 4.56. The summed E-state index contributed by atoms with van der Waals surface area (Å²) in [5.41, 5.74) is 0.890. The molecule has 0 aromatic heterocycles. The van der Waals surface area contributed by atoms with Crippen molar-refractivity contribution >= 4 is 21.7 Å². The fourth-order valence-electron chi connectivity index (χ4n) is 1.78. The molecule has 1 aliphatic rings. The predicted octanol–water partition coefficient (Wildman–Crippen LogP) is 1.84. The lowest BCUT2D eigenvalue weighted by Crippen LogP contribution is -2.19. The Kier molecular flexibility index (Phi) is 3.30. The Balaban J connectivity index is 2.23. The molecule has 0 aliphatic heterocycles. The van der Waals surface area contributed by atoms with Gasteiger partial charge in [0.25, 0.3) is 0 Å². The molecule has 2 rings (SSSR count). The van der Waals surface area contributed by atoms with Crippen LogP contribution in [0.15, 0.2) is 18.2 Å². The van der Waals surface area contributed by atoms with Crippen molar-refractivity contribution in [1.82, 2.24) is 0 Å². The predicted molar refractivity (Wildman–Crippen MR) is 68.3 cm³/mol. The number of aromatic carboxylic acids is 1. The third-order valence-electron chi connectivity index (χ3n) is 2.98. The molecule has 0 spiro atoms. The van der Waals surface area contributed by atoms with E-state index < -0.39 is 16.0 Å². The molecule has 2 N–H and O–H groups in total. The van der Waals surface area contributed by atoms with Gasteiger partial charge in [-0.2, -0.15) is 0 Å². The lowest BCUT2D eigenvalue weighted by molar-refractivity contribution is 0.0696. The summed E-state index contributed by atoms with van der Waals surface area (Å²) in [7, 11) is -3.38. The molecular formula is C12H15NO4S. The van der Waals surface area contributed by atoms with Crippen LogP contribution in [-0.2, 0) is 10.0 Å². The zero-order valence-electron chi connectivity index (χ0n) is 10.0. The summed E-state index contributed by atoms with van der Waals surface area (Å²) in [5.74, 6) is -0.690. The van der Waals surface area contributed by atoms with Crippen molar-refractivity contribution in [2.24, 2.45) is 5.92 Å². The Morgan fingerprint density at radius 2 is 2.11 bits per heavy atom. The molecule has 18 heavy (non-hydrogen) atoms. The minimum atomic E-state index is -3.38. The molecule has 0 unspecified atom stereocenters. The van der Waals surface area contributed by atoms with E-state index in [1.807, 2.05) is 0 Å². The van der Waals surface area contributed by atoms with Crippen molar-refractivity contribution in [3.63, 3.8) is 0 Å². The van der Waals surface area contributed by atoms with Gasteiger partial charge in [-0.05, 0) is 43.4 Å². The molecule has 0 saturated heterocycles. The van der Waals surface area contributed by atoms with Gasteiger partial charge in [-0.1, -0.05) is 6.07 Å². The van der Waals surface area contributed by atoms with Crippen molar-refractivity contribution in [2.75, 3.05) is 10.5 Å². The minimum Gasteiger partial charge on any atom is -0.478 e. The highest BCUT2D eigenvalue weighted by Gasteiger charge is 2.28. The van der Waals surface area contributed by atoms with Gasteiger partial charge in [-0.25, -0.2) is 13.2 Å². The maximum atomic E-state index is 11.8. The van der Waals surface area contributed by atoms with Crippen LogP contribution in [0.1, 0.15) is 28.8 Å². The van der Waals surface area contributed by atoms with Gasteiger partial charge in [0.1, 0.15) is 0 Å². The Labute approximate surface area is 106 Å². The van der Waals surface area contributed by atoms with Gasteiger partial charge in [-0.3, -0.25) is 4.72 Å². The van der Waals surface area contributed by atoms with Crippen LogP contribution in [0.25, 0.3) is 0 Å². The third kappa shape index (κ3) is 3.01. The first-order valence-electron chi connectivity index (χ1n) is 5.72. The minimum absolute atomic E-state index is 0.113. The normalized spacial score (nSPS) is 15.4. The standard InChI is InChI=1S/C12H15NO4S/c1-8-10(12(14)15)3-2-4-11(8)13-18(16,17)7-9-5-6-9/h2-4,9,13H,5-7H2,1H3,(H,14,15). The summed E-state index contributed by atoms with van der Waals surface area (Å²) in [6.45, 7) is 1.60. The van der Waals surface area contributed by atoms with Crippen LogP contribution in [0.5, 0.6) is 0 Å². The third-order valence-corrected chi connectivity index (χ3v) is 4.42. The zero-order valence-corrected chi connectivity index (χ0v) is 10.8. The highest BCUT2D eigenvalue weighted by molar-refractivity contribution is 7.92. The van der Waals surface area contributed by atoms with Crippen LogP contribution >= 0.6 is 0 Å². The summed E-state index contributed by atoms with van der Waals surface area (Å²) < 4.78 is 26.1. The number of benzene rings is 1. The molecule has 0 amide bonds. The van der Waals surface area contributed by atoms with Gasteiger partial charge in [0.15, 0.2) is 0 Å². The molecule has 0 atom stereocenters. The number of hydrogen-bond donors (Lipinski definition) is 2. The fourth-order valence-corrected chi connectivity index (χ4v) is 3.38. The molecule has 0 radical (unpaired) electrons. The van der Waals surface area contributed by atoms with E-state index in [0.29, 0.717) is 11.3 Å². The van der Waals surface area contributed by atoms with E-state index in [0.717, 1.165) is 12.8 Å². The van der Waals surface area contributed by atoms with Crippen LogP contribution in [0.2, 0.25) is 0 Å². The van der Waals surface area contributed by atoms with Gasteiger partial charge < -0.3 is 5.11 Å². The van der Waals surface area contributed by atoms with Crippen molar-refractivity contribution in [3.8, 4) is 0 Å². The van der Waals surface area contributed by atoms with E-state index in [1.54, 1.807) is 13.0 Å². The molecule has 1 aliphatic carbocycles. The summed E-state index contributed by atoms with van der Waals surface area (Å²) in [4.78, 5) is 11.0. The SMILES string of the molecule is Cc1c(NS(=O)(=O)CC2CC2)cccc1C(=O)O. The molecule has 6 heteroatoms. The Morgan fingerprint density at radius 1 is 1.44 bits per heavy atom. The molecule has 0 heterocycles. The lowest BCUT2D eigenvalue weighted by Gasteiger charge is -2.11. The number of hydrogen-bond acceptors (Lipinski definition) is 3. The van der Waals surface area contributed by atoms with Crippen molar-refractivity contribution < 1.29 is 18.3 Å². The van der Waals surface area contributed by atoms with Gasteiger partial charge in [0.2, 0.25) is 10.0 Å². The van der Waals surface area contributed by atoms with E-state index in [1.165, 1.54) is 12.1 Å². The first-order chi connectivity index (χ1) is 8.39. The van der Waals surface area contributed by atoms with Crippen LogP contribution in [-0.4, -0.2) is 25.2 Å². The smallest absolute Gasteiger partial charge is 0.336 e. The van der Waals surface area contributed by atoms with Gasteiger partial charge in [0, 0.05) is 0 Å². The Hall–Kier alpha value is -1.56. The first-order valence-corrected chi connectivity index (χ1v) is 7.37. The number of carbonyl (C=O) groups is 1. The van der Waals surface area contributed by atoms with Crippen molar-refractivity contribution in [1.29, 1.82) is 0 Å². The molecule has 98 valence electrons. The molecule has 1 fully saturated rings. The highest BCUT2D eigenvalue weighted by atomic mass is 32.2. The first kappa shape index (κ1) is 12.9. The molecule has 5 nitrogen and oxygen atoms in total. The molecule has 1 saturated carbocycles. The van der Waals surface area contributed by atoms with E-state index in [9.17, 15) is 13.2 Å². The van der Waals surface area contributed by atoms with Gasteiger partial charge >= 0.3 is 5.97 Å². The molecule has 0 bridgehead atoms. The largest absolute Gasteiger partial charge is 0.478 e. The maximum Gasteiger partial charge on any atom is 0.336 e. The highest BCUT2D eigenvalue weighted by Crippen LogP contribution is 2.31. The second-order valence-corrected chi connectivity index (χ2v) is 6.38. The van der Waals surface area contributed by atoms with Crippen LogP contribution in [0.4, 0.5) is 5.69 Å². The Morgan fingerprint density at radius 3 is 2.67 bits per heavy atom. The topological polar surface area (TPSA) is 83.5 Å². The Bertz CT molecular complexity index is 576. The zero-order chi connectivity index (χ0) is 13.3. The average Bonchev–Trinajstić information content (AvgIpc) is 3.03. The second kappa shape index (κ2) is 4.61. The number of anilines is 1. The number of carboxylic acid groups (broad SMARTS) is 1. The monoisotopic (exact) mass is 269 g/mol. The summed E-state index contributed by atoms with van der Waals surface area (Å²) in [6.07, 6.45) is 1.91. The average molecular weight is 269 g/mol. The van der Waals surface area contributed by atoms with E-state index in [-0.39, 0.29) is 17.2 Å². The van der Waals surface area contributed by atoms with E-state index in [2.05, 4.69) is 4.72 Å². The molecule has 1 aromatic rings. The number of sulfonamides is 1. The summed E-state index contributed by atoms with van der Waals surface area (Å²) >= 11 is 0. The van der Waals surface area contributed by atoms with Crippen LogP contribution < -0.4 is 4.72 Å². The fraction of sp³-hybridized carbons (Fsp3) is 0.417. The van der Waals surface area contributed by atoms with Crippen molar-refractivity contribution in [3.05, 3.63) is 29.3 Å². The van der Waals surface area contributed by atoms with Crippen molar-refractivity contribution in [2.45, 2.75) is 19.8 Å². The van der Waals surface area contributed by atoms with E-state index >= 15 is 0 Å². The molecule has 1 aromatic carbocycles. The lowest BCUT2D eigenvalue weighted by atomic mass is 10.1. The van der Waals surface area contributed by atoms with Crippen LogP contribution in [0, 0.1) is 12.8 Å². The van der Waals surface area contributed by atoms with E-state index in [4.69, 9.17) is 5.11 Å².